The summed E-state index contributed by atoms with van der Waals surface area (Å²) in [7, 11) is 0. The van der Waals surface area contributed by atoms with E-state index < -0.39 is 6.10 Å². The molecule has 17 heavy (non-hydrogen) atoms. The molecule has 2 aromatic rings. The Hall–Kier alpha value is -1.74. The van der Waals surface area contributed by atoms with Gasteiger partial charge in [-0.15, -0.1) is 0 Å². The monoisotopic (exact) mass is 229 g/mol. The first-order valence-corrected chi connectivity index (χ1v) is 5.66. The molecule has 0 aliphatic heterocycles. The molecule has 0 amide bonds. The van der Waals surface area contributed by atoms with Crippen LogP contribution in [0.4, 0.5) is 4.39 Å². The van der Waals surface area contributed by atoms with Gasteiger partial charge >= 0.3 is 0 Å². The van der Waals surface area contributed by atoms with Crippen molar-refractivity contribution in [1.82, 2.24) is 4.98 Å². The van der Waals surface area contributed by atoms with Gasteiger partial charge in [0.2, 0.25) is 0 Å². The van der Waals surface area contributed by atoms with Crippen molar-refractivity contribution in [2.45, 2.75) is 18.9 Å². The van der Waals surface area contributed by atoms with Crippen LogP contribution in [0.1, 0.15) is 28.5 Å². The van der Waals surface area contributed by atoms with Crippen LogP contribution < -0.4 is 0 Å². The van der Waals surface area contributed by atoms with Crippen LogP contribution in [0.3, 0.4) is 0 Å². The van der Waals surface area contributed by atoms with E-state index >= 15 is 0 Å². The fourth-order valence-electron chi connectivity index (χ4n) is 2.37. The van der Waals surface area contributed by atoms with E-state index in [4.69, 9.17) is 0 Å². The first-order valence-electron chi connectivity index (χ1n) is 5.66. The molecule has 1 unspecified atom stereocenters. The summed E-state index contributed by atoms with van der Waals surface area (Å²) in [6.07, 6.45) is 2.48. The summed E-state index contributed by atoms with van der Waals surface area (Å²) in [4.78, 5) is 4.22. The second kappa shape index (κ2) is 3.93. The number of halogens is 1. The molecule has 1 heterocycles. The summed E-state index contributed by atoms with van der Waals surface area (Å²) in [5.74, 6) is -0.317. The van der Waals surface area contributed by atoms with Gasteiger partial charge in [0.1, 0.15) is 11.9 Å². The van der Waals surface area contributed by atoms with Gasteiger partial charge in [-0.3, -0.25) is 4.98 Å². The zero-order chi connectivity index (χ0) is 11.8. The lowest BCUT2D eigenvalue weighted by Crippen LogP contribution is -2.05. The molecule has 1 N–H and O–H groups in total. The minimum absolute atomic E-state index is 0.317. The van der Waals surface area contributed by atoms with Gasteiger partial charge in [-0.25, -0.2) is 4.39 Å². The van der Waals surface area contributed by atoms with Gasteiger partial charge in [-0.1, -0.05) is 12.1 Å². The molecular formula is C14H12FNO. The summed E-state index contributed by atoms with van der Waals surface area (Å²) in [5, 5.41) is 10.3. The Balaban J connectivity index is 2.18. The average molecular weight is 229 g/mol. The van der Waals surface area contributed by atoms with Gasteiger partial charge < -0.3 is 5.11 Å². The Kier molecular flexibility index (Phi) is 2.41. The molecule has 86 valence electrons. The second-order valence-corrected chi connectivity index (χ2v) is 4.29. The normalized spacial score (nSPS) is 18.1. The quantitative estimate of drug-likeness (QED) is 0.752. The average Bonchev–Trinajstić information content (AvgIpc) is 2.49. The van der Waals surface area contributed by atoms with Crippen LogP contribution in [0.15, 0.2) is 36.5 Å². The van der Waals surface area contributed by atoms with Crippen molar-refractivity contribution in [2.24, 2.45) is 0 Å². The lowest BCUT2D eigenvalue weighted by atomic mass is 10.0. The maximum Gasteiger partial charge on any atom is 0.123 e. The molecule has 1 aromatic carbocycles. The molecule has 3 heteroatoms. The molecule has 0 radical (unpaired) electrons. The molecule has 0 fully saturated rings. The molecular weight excluding hydrogens is 217 g/mol. The highest BCUT2D eigenvalue weighted by molar-refractivity contribution is 5.40. The third-order valence-electron chi connectivity index (χ3n) is 3.25. The van der Waals surface area contributed by atoms with Crippen molar-refractivity contribution in [3.63, 3.8) is 0 Å². The first kappa shape index (κ1) is 10.4. The van der Waals surface area contributed by atoms with E-state index in [-0.39, 0.29) is 5.82 Å². The van der Waals surface area contributed by atoms with Crippen molar-refractivity contribution in [2.75, 3.05) is 0 Å². The van der Waals surface area contributed by atoms with Crippen molar-refractivity contribution in [3.8, 4) is 0 Å². The lowest BCUT2D eigenvalue weighted by molar-refractivity contribution is 0.214. The van der Waals surface area contributed by atoms with Gasteiger partial charge in [-0.2, -0.15) is 0 Å². The van der Waals surface area contributed by atoms with Crippen molar-refractivity contribution >= 4 is 0 Å². The van der Waals surface area contributed by atoms with E-state index in [9.17, 15) is 9.50 Å². The van der Waals surface area contributed by atoms with E-state index in [1.165, 1.54) is 12.1 Å². The smallest absolute Gasteiger partial charge is 0.123 e. The minimum atomic E-state index is -0.820. The van der Waals surface area contributed by atoms with Crippen LogP contribution in [-0.4, -0.2) is 10.1 Å². The summed E-state index contributed by atoms with van der Waals surface area (Å²) < 4.78 is 13.2. The van der Waals surface area contributed by atoms with E-state index in [2.05, 4.69) is 4.98 Å². The summed E-state index contributed by atoms with van der Waals surface area (Å²) in [6, 6.07) is 8.43. The number of aromatic nitrogens is 1. The largest absolute Gasteiger partial charge is 0.382 e. The molecule has 0 bridgehead atoms. The number of aryl methyl sites for hydroxylation is 2. The van der Waals surface area contributed by atoms with Crippen molar-refractivity contribution < 1.29 is 9.50 Å². The van der Waals surface area contributed by atoms with Crippen LogP contribution in [-0.2, 0) is 12.8 Å². The Morgan fingerprint density at radius 1 is 1.18 bits per heavy atom. The molecule has 0 spiro atoms. The Labute approximate surface area is 98.8 Å². The van der Waals surface area contributed by atoms with Crippen molar-refractivity contribution in [1.29, 1.82) is 0 Å². The standard InChI is InChI=1S/C14H12FNO/c15-11-6-5-9-3-4-10-2-1-7-16-13(10)14(17)12(9)8-11/h1-2,5-8,14,17H,3-4H2. The lowest BCUT2D eigenvalue weighted by Gasteiger charge is -2.13. The number of aliphatic hydroxyl groups excluding tert-OH is 1. The summed E-state index contributed by atoms with van der Waals surface area (Å²) in [5.41, 5.74) is 3.33. The molecule has 3 rings (SSSR count). The first-order chi connectivity index (χ1) is 8.25. The summed E-state index contributed by atoms with van der Waals surface area (Å²) in [6.45, 7) is 0. The Morgan fingerprint density at radius 2 is 2.00 bits per heavy atom. The predicted octanol–water partition coefficient (Wildman–Crippen LogP) is 2.40. The number of aliphatic hydroxyl groups is 1. The number of rotatable bonds is 0. The number of pyridine rings is 1. The zero-order valence-corrected chi connectivity index (χ0v) is 9.23. The van der Waals surface area contributed by atoms with Crippen LogP contribution in [0.25, 0.3) is 0 Å². The van der Waals surface area contributed by atoms with Crippen LogP contribution in [0, 0.1) is 5.82 Å². The van der Waals surface area contributed by atoms with Crippen molar-refractivity contribution in [3.05, 3.63) is 64.7 Å². The van der Waals surface area contributed by atoms with Gasteiger partial charge in [0, 0.05) is 6.20 Å². The highest BCUT2D eigenvalue weighted by Gasteiger charge is 2.22. The third-order valence-corrected chi connectivity index (χ3v) is 3.25. The van der Waals surface area contributed by atoms with E-state index in [1.807, 2.05) is 12.1 Å². The predicted molar refractivity (Wildman–Crippen MR) is 62.1 cm³/mol. The molecule has 2 nitrogen and oxygen atoms in total. The molecule has 1 atom stereocenters. The fourth-order valence-corrected chi connectivity index (χ4v) is 2.37. The van der Waals surface area contributed by atoms with Crippen LogP contribution in [0.5, 0.6) is 0 Å². The number of hydrogen-bond acceptors (Lipinski definition) is 2. The van der Waals surface area contributed by atoms with Crippen LogP contribution >= 0.6 is 0 Å². The van der Waals surface area contributed by atoms with Gasteiger partial charge in [0.15, 0.2) is 0 Å². The molecule has 1 aromatic heterocycles. The topological polar surface area (TPSA) is 33.1 Å². The van der Waals surface area contributed by atoms with E-state index in [0.717, 1.165) is 24.0 Å². The SMILES string of the molecule is OC1c2cc(F)ccc2CCc2cccnc21. The minimum Gasteiger partial charge on any atom is -0.382 e. The number of nitrogens with zero attached hydrogens (tertiary/aromatic N) is 1. The second-order valence-electron chi connectivity index (χ2n) is 4.29. The highest BCUT2D eigenvalue weighted by Crippen LogP contribution is 2.31. The maximum atomic E-state index is 13.2. The number of hydrogen-bond donors (Lipinski definition) is 1. The Morgan fingerprint density at radius 3 is 2.88 bits per heavy atom. The third kappa shape index (κ3) is 1.72. The van der Waals surface area contributed by atoms with E-state index in [1.54, 1.807) is 12.3 Å². The number of benzene rings is 1. The van der Waals surface area contributed by atoms with Gasteiger partial charge in [0.25, 0.3) is 0 Å². The van der Waals surface area contributed by atoms with Gasteiger partial charge in [-0.05, 0) is 47.7 Å². The maximum absolute atomic E-state index is 13.2. The zero-order valence-electron chi connectivity index (χ0n) is 9.23. The highest BCUT2D eigenvalue weighted by atomic mass is 19.1. The van der Waals surface area contributed by atoms with Crippen LogP contribution in [0.2, 0.25) is 0 Å². The summed E-state index contributed by atoms with van der Waals surface area (Å²) >= 11 is 0. The molecule has 0 saturated heterocycles. The Bertz CT molecular complexity index is 568. The molecule has 1 aliphatic rings. The molecule has 0 saturated carbocycles. The number of fused-ring (bicyclic) bond motifs is 2. The van der Waals surface area contributed by atoms with E-state index in [0.29, 0.717) is 11.3 Å². The molecule has 1 aliphatic carbocycles. The fraction of sp³-hybridized carbons (Fsp3) is 0.214. The van der Waals surface area contributed by atoms with Gasteiger partial charge in [0.05, 0.1) is 5.69 Å².